The summed E-state index contributed by atoms with van der Waals surface area (Å²) in [4.78, 5) is 29.1. The predicted molar refractivity (Wildman–Crippen MR) is 49.8 cm³/mol. The molecule has 1 N–H and O–H groups in total. The standard InChI is InChI=1S/C9H10N2O4/c1-15-8-4-6(10-5-11-8)7(12)2-3-9(13)14/h4-5H,2-3H2,1H3,(H,13,14). The van der Waals surface area contributed by atoms with Crippen LogP contribution < -0.4 is 4.74 Å². The molecule has 15 heavy (non-hydrogen) atoms. The number of aliphatic carboxylic acids is 1. The molecule has 0 fully saturated rings. The Morgan fingerprint density at radius 1 is 1.40 bits per heavy atom. The number of carbonyl (C=O) groups is 2. The molecule has 0 unspecified atom stereocenters. The number of carbonyl (C=O) groups excluding carboxylic acids is 1. The number of carboxylic acid groups (broad SMARTS) is 1. The number of methoxy groups -OCH3 is 1. The third kappa shape index (κ3) is 3.34. The number of ether oxygens (including phenoxy) is 1. The first-order chi connectivity index (χ1) is 7.13. The van der Waals surface area contributed by atoms with Crippen LogP contribution in [0.15, 0.2) is 12.4 Å². The highest BCUT2D eigenvalue weighted by Gasteiger charge is 2.10. The monoisotopic (exact) mass is 210 g/mol. The van der Waals surface area contributed by atoms with E-state index >= 15 is 0 Å². The van der Waals surface area contributed by atoms with Gasteiger partial charge in [0.1, 0.15) is 12.0 Å². The van der Waals surface area contributed by atoms with E-state index in [1.807, 2.05) is 0 Å². The van der Waals surface area contributed by atoms with Gasteiger partial charge in [0.15, 0.2) is 5.78 Å². The summed E-state index contributed by atoms with van der Waals surface area (Å²) in [5.41, 5.74) is 0.170. The molecule has 1 heterocycles. The van der Waals surface area contributed by atoms with E-state index in [1.165, 1.54) is 19.5 Å². The van der Waals surface area contributed by atoms with Gasteiger partial charge in [-0.25, -0.2) is 9.97 Å². The Morgan fingerprint density at radius 2 is 2.13 bits per heavy atom. The van der Waals surface area contributed by atoms with Gasteiger partial charge in [-0.05, 0) is 0 Å². The Morgan fingerprint density at radius 3 is 2.73 bits per heavy atom. The molecule has 0 amide bonds. The lowest BCUT2D eigenvalue weighted by Crippen LogP contribution is -2.06. The van der Waals surface area contributed by atoms with E-state index in [0.29, 0.717) is 0 Å². The van der Waals surface area contributed by atoms with Gasteiger partial charge in [-0.3, -0.25) is 9.59 Å². The maximum Gasteiger partial charge on any atom is 0.303 e. The van der Waals surface area contributed by atoms with Gasteiger partial charge in [0, 0.05) is 12.5 Å². The molecule has 0 aliphatic carbocycles. The molecule has 0 spiro atoms. The number of rotatable bonds is 5. The summed E-state index contributed by atoms with van der Waals surface area (Å²) in [5, 5.41) is 8.40. The van der Waals surface area contributed by atoms with E-state index in [0.717, 1.165) is 0 Å². The normalized spacial score (nSPS) is 9.67. The van der Waals surface area contributed by atoms with E-state index < -0.39 is 5.97 Å². The second kappa shape index (κ2) is 5.04. The van der Waals surface area contributed by atoms with Crippen LogP contribution in [-0.2, 0) is 4.79 Å². The summed E-state index contributed by atoms with van der Waals surface area (Å²) in [6, 6.07) is 1.38. The van der Waals surface area contributed by atoms with Gasteiger partial charge in [0.25, 0.3) is 0 Å². The Hall–Kier alpha value is -1.98. The highest BCUT2D eigenvalue weighted by molar-refractivity contribution is 5.95. The number of hydrogen-bond donors (Lipinski definition) is 1. The van der Waals surface area contributed by atoms with Gasteiger partial charge < -0.3 is 9.84 Å². The molecule has 0 saturated carbocycles. The first kappa shape index (κ1) is 11.1. The molecule has 0 aliphatic rings. The van der Waals surface area contributed by atoms with Crippen molar-refractivity contribution >= 4 is 11.8 Å². The van der Waals surface area contributed by atoms with Crippen LogP contribution in [0.4, 0.5) is 0 Å². The Balaban J connectivity index is 2.69. The first-order valence-corrected chi connectivity index (χ1v) is 4.24. The van der Waals surface area contributed by atoms with Crippen molar-refractivity contribution in [3.05, 3.63) is 18.1 Å². The van der Waals surface area contributed by atoms with Crippen molar-refractivity contribution < 1.29 is 19.4 Å². The highest BCUT2D eigenvalue weighted by Crippen LogP contribution is 2.08. The van der Waals surface area contributed by atoms with Crippen LogP contribution in [0.3, 0.4) is 0 Å². The van der Waals surface area contributed by atoms with Gasteiger partial charge in [-0.1, -0.05) is 0 Å². The molecule has 0 aromatic carbocycles. The van der Waals surface area contributed by atoms with Crippen molar-refractivity contribution in [2.45, 2.75) is 12.8 Å². The van der Waals surface area contributed by atoms with Crippen molar-refractivity contribution in [2.24, 2.45) is 0 Å². The average molecular weight is 210 g/mol. The van der Waals surface area contributed by atoms with E-state index in [2.05, 4.69) is 9.97 Å². The molecule has 6 heteroatoms. The summed E-state index contributed by atoms with van der Waals surface area (Å²) in [6.45, 7) is 0. The van der Waals surface area contributed by atoms with Gasteiger partial charge in [-0.2, -0.15) is 0 Å². The molecule has 1 rings (SSSR count). The number of carboxylic acids is 1. The maximum atomic E-state index is 11.4. The highest BCUT2D eigenvalue weighted by atomic mass is 16.5. The predicted octanol–water partition coefficient (Wildman–Crippen LogP) is 0.533. The minimum atomic E-state index is -1.01. The Kier molecular flexibility index (Phi) is 3.73. The number of ketones is 1. The number of nitrogens with zero attached hydrogens (tertiary/aromatic N) is 2. The molecule has 0 atom stereocenters. The first-order valence-electron chi connectivity index (χ1n) is 4.24. The van der Waals surface area contributed by atoms with Crippen LogP contribution in [0.5, 0.6) is 5.88 Å². The van der Waals surface area contributed by atoms with E-state index in [4.69, 9.17) is 9.84 Å². The summed E-state index contributed by atoms with van der Waals surface area (Å²) in [6.07, 6.45) is 0.924. The minimum Gasteiger partial charge on any atom is -0.481 e. The molecule has 0 radical (unpaired) electrons. The van der Waals surface area contributed by atoms with Crippen molar-refractivity contribution in [3.63, 3.8) is 0 Å². The van der Waals surface area contributed by atoms with Gasteiger partial charge in [-0.15, -0.1) is 0 Å². The summed E-state index contributed by atoms with van der Waals surface area (Å²) >= 11 is 0. The van der Waals surface area contributed by atoms with Crippen LogP contribution >= 0.6 is 0 Å². The van der Waals surface area contributed by atoms with Gasteiger partial charge in [0.05, 0.1) is 13.5 Å². The van der Waals surface area contributed by atoms with Crippen LogP contribution in [0.25, 0.3) is 0 Å². The molecular weight excluding hydrogens is 200 g/mol. The maximum absolute atomic E-state index is 11.4. The smallest absolute Gasteiger partial charge is 0.303 e. The van der Waals surface area contributed by atoms with Crippen molar-refractivity contribution in [1.29, 1.82) is 0 Å². The van der Waals surface area contributed by atoms with Crippen molar-refractivity contribution in [1.82, 2.24) is 9.97 Å². The van der Waals surface area contributed by atoms with Crippen molar-refractivity contribution in [3.8, 4) is 5.88 Å². The zero-order valence-electron chi connectivity index (χ0n) is 8.14. The topological polar surface area (TPSA) is 89.4 Å². The van der Waals surface area contributed by atoms with Gasteiger partial charge in [0.2, 0.25) is 5.88 Å². The summed E-state index contributed by atoms with van der Waals surface area (Å²) < 4.78 is 4.81. The molecular formula is C9H10N2O4. The Bertz CT molecular complexity index is 378. The average Bonchev–Trinajstić information content (AvgIpc) is 2.26. The number of aromatic nitrogens is 2. The lowest BCUT2D eigenvalue weighted by atomic mass is 10.1. The molecule has 80 valence electrons. The van der Waals surface area contributed by atoms with E-state index in [9.17, 15) is 9.59 Å². The van der Waals surface area contributed by atoms with E-state index in [-0.39, 0.29) is 30.2 Å². The zero-order chi connectivity index (χ0) is 11.3. The fourth-order valence-corrected chi connectivity index (χ4v) is 0.952. The fraction of sp³-hybridized carbons (Fsp3) is 0.333. The minimum absolute atomic E-state index is 0.0739. The lowest BCUT2D eigenvalue weighted by molar-refractivity contribution is -0.136. The lowest BCUT2D eigenvalue weighted by Gasteiger charge is -2.00. The van der Waals surface area contributed by atoms with Crippen LogP contribution in [-0.4, -0.2) is 33.9 Å². The molecule has 1 aromatic heterocycles. The second-order valence-corrected chi connectivity index (χ2v) is 2.76. The van der Waals surface area contributed by atoms with Crippen LogP contribution in [0, 0.1) is 0 Å². The van der Waals surface area contributed by atoms with Gasteiger partial charge >= 0.3 is 5.97 Å². The fourth-order valence-electron chi connectivity index (χ4n) is 0.952. The van der Waals surface area contributed by atoms with Crippen LogP contribution in [0.2, 0.25) is 0 Å². The number of Topliss-reactive ketones (excluding diaryl/α,β-unsaturated/α-hetero) is 1. The van der Waals surface area contributed by atoms with E-state index in [1.54, 1.807) is 0 Å². The summed E-state index contributed by atoms with van der Waals surface area (Å²) in [7, 11) is 1.42. The van der Waals surface area contributed by atoms with Crippen LogP contribution in [0.1, 0.15) is 23.3 Å². The number of hydrogen-bond acceptors (Lipinski definition) is 5. The molecule has 6 nitrogen and oxygen atoms in total. The molecule has 0 bridgehead atoms. The SMILES string of the molecule is COc1cc(C(=O)CCC(=O)O)ncn1. The Labute approximate surface area is 85.9 Å². The second-order valence-electron chi connectivity index (χ2n) is 2.76. The quantitative estimate of drug-likeness (QED) is 0.713. The zero-order valence-corrected chi connectivity index (χ0v) is 8.14. The molecule has 0 saturated heterocycles. The molecule has 1 aromatic rings. The third-order valence-corrected chi connectivity index (χ3v) is 1.70. The summed E-state index contributed by atoms with van der Waals surface area (Å²) in [5.74, 6) is -1.06. The largest absolute Gasteiger partial charge is 0.481 e. The third-order valence-electron chi connectivity index (χ3n) is 1.70. The molecule has 0 aliphatic heterocycles. The van der Waals surface area contributed by atoms with Crippen molar-refractivity contribution in [2.75, 3.05) is 7.11 Å².